The minimum absolute atomic E-state index is 0.269. The Hall–Kier alpha value is -3.30. The van der Waals surface area contributed by atoms with Crippen molar-refractivity contribution < 1.29 is 4.79 Å². The van der Waals surface area contributed by atoms with E-state index in [1.807, 2.05) is 18.2 Å². The molecule has 0 spiro atoms. The van der Waals surface area contributed by atoms with Gasteiger partial charge in [0.1, 0.15) is 10.7 Å². The number of amides is 1. The summed E-state index contributed by atoms with van der Waals surface area (Å²) in [4.78, 5) is 19.9. The average molecular weight is 346 g/mol. The number of carbonyl (C=O) groups excluding carboxylic acids is 1. The van der Waals surface area contributed by atoms with Gasteiger partial charge in [0, 0.05) is 29.3 Å². The quantitative estimate of drug-likeness (QED) is 0.695. The first-order valence-electron chi connectivity index (χ1n) is 7.55. The molecule has 0 aliphatic rings. The third kappa shape index (κ3) is 3.32. The Morgan fingerprint density at radius 1 is 1.20 bits per heavy atom. The predicted molar refractivity (Wildman–Crippen MR) is 98.7 cm³/mol. The molecule has 3 aromatic rings. The lowest BCUT2D eigenvalue weighted by Gasteiger charge is -2.15. The van der Waals surface area contributed by atoms with E-state index >= 15 is 0 Å². The van der Waals surface area contributed by atoms with Crippen LogP contribution in [0.2, 0.25) is 0 Å². The van der Waals surface area contributed by atoms with Gasteiger partial charge in [-0.1, -0.05) is 30.4 Å². The SMILES string of the molecule is Cc1[nH]c(=S)c(C#N)c(-c2ccncc2)c1C(=O)Nc1ccccc1. The molecule has 0 radical (unpaired) electrons. The molecule has 2 aromatic heterocycles. The van der Waals surface area contributed by atoms with Gasteiger partial charge < -0.3 is 10.3 Å². The number of H-pyrrole nitrogens is 1. The standard InChI is InChI=1S/C19H14N4OS/c1-12-16(18(24)23-14-5-3-2-4-6-14)17(13-7-9-21-10-8-13)15(11-20)19(25)22-12/h2-10H,1H3,(H,22,25)(H,23,24). The van der Waals surface area contributed by atoms with Crippen molar-refractivity contribution in [3.8, 4) is 17.2 Å². The molecule has 3 rings (SSSR count). The van der Waals surface area contributed by atoms with E-state index in [1.165, 1.54) is 0 Å². The van der Waals surface area contributed by atoms with Crippen LogP contribution in [0.25, 0.3) is 11.1 Å². The molecule has 0 unspecified atom stereocenters. The number of pyridine rings is 2. The van der Waals surface area contributed by atoms with Crippen LogP contribution in [-0.4, -0.2) is 15.9 Å². The molecule has 122 valence electrons. The Labute approximate surface area is 150 Å². The van der Waals surface area contributed by atoms with Crippen LogP contribution >= 0.6 is 12.2 Å². The minimum atomic E-state index is -0.307. The van der Waals surface area contributed by atoms with Gasteiger partial charge in [0.15, 0.2) is 0 Å². The summed E-state index contributed by atoms with van der Waals surface area (Å²) in [6.07, 6.45) is 3.23. The first kappa shape index (κ1) is 16.6. The second-order valence-electron chi connectivity index (χ2n) is 5.37. The number of aromatic nitrogens is 2. The van der Waals surface area contributed by atoms with E-state index in [2.05, 4.69) is 21.4 Å². The molecule has 0 fully saturated rings. The maximum Gasteiger partial charge on any atom is 0.258 e. The average Bonchev–Trinajstić information content (AvgIpc) is 2.62. The van der Waals surface area contributed by atoms with E-state index in [0.29, 0.717) is 32.7 Å². The highest BCUT2D eigenvalue weighted by molar-refractivity contribution is 7.71. The van der Waals surface area contributed by atoms with Crippen LogP contribution < -0.4 is 5.32 Å². The van der Waals surface area contributed by atoms with Crippen molar-refractivity contribution in [3.63, 3.8) is 0 Å². The molecular weight excluding hydrogens is 332 g/mol. The van der Waals surface area contributed by atoms with Crippen molar-refractivity contribution in [2.24, 2.45) is 0 Å². The van der Waals surface area contributed by atoms with E-state index in [0.717, 1.165) is 0 Å². The molecule has 0 saturated carbocycles. The Morgan fingerprint density at radius 3 is 2.52 bits per heavy atom. The van der Waals surface area contributed by atoms with Crippen molar-refractivity contribution in [2.75, 3.05) is 5.32 Å². The Balaban J connectivity index is 2.21. The molecular formula is C19H14N4OS. The fraction of sp³-hybridized carbons (Fsp3) is 0.0526. The summed E-state index contributed by atoms with van der Waals surface area (Å²) in [6.45, 7) is 1.77. The lowest BCUT2D eigenvalue weighted by molar-refractivity contribution is 0.102. The number of anilines is 1. The summed E-state index contributed by atoms with van der Waals surface area (Å²) in [5, 5.41) is 12.4. The molecule has 2 heterocycles. The first-order chi connectivity index (χ1) is 12.1. The van der Waals surface area contributed by atoms with Gasteiger partial charge in [-0.25, -0.2) is 0 Å². The number of nitrogens with one attached hydrogen (secondary N) is 2. The summed E-state index contributed by atoms with van der Waals surface area (Å²) in [5.74, 6) is -0.307. The van der Waals surface area contributed by atoms with Crippen molar-refractivity contribution in [3.05, 3.63) is 76.3 Å². The van der Waals surface area contributed by atoms with E-state index in [9.17, 15) is 10.1 Å². The second kappa shape index (κ2) is 7.07. The zero-order chi connectivity index (χ0) is 17.8. The van der Waals surface area contributed by atoms with Gasteiger partial charge in [-0.2, -0.15) is 5.26 Å². The molecule has 2 N–H and O–H groups in total. The number of nitrogens with zero attached hydrogens (tertiary/aromatic N) is 2. The van der Waals surface area contributed by atoms with Crippen LogP contribution in [0.5, 0.6) is 0 Å². The molecule has 0 aliphatic heterocycles. The predicted octanol–water partition coefficient (Wildman–Crippen LogP) is 4.24. The van der Waals surface area contributed by atoms with Crippen LogP contribution in [0, 0.1) is 22.9 Å². The van der Waals surface area contributed by atoms with E-state index in [-0.39, 0.29) is 11.5 Å². The van der Waals surface area contributed by atoms with Gasteiger partial charge in [-0.15, -0.1) is 0 Å². The number of hydrogen-bond acceptors (Lipinski definition) is 4. The zero-order valence-corrected chi connectivity index (χ0v) is 14.2. The van der Waals surface area contributed by atoms with Gasteiger partial charge in [0.25, 0.3) is 5.91 Å². The zero-order valence-electron chi connectivity index (χ0n) is 13.4. The Morgan fingerprint density at radius 2 is 1.88 bits per heavy atom. The highest BCUT2D eigenvalue weighted by Gasteiger charge is 2.21. The summed E-state index contributed by atoms with van der Waals surface area (Å²) < 4.78 is 0.308. The minimum Gasteiger partial charge on any atom is -0.348 e. The lowest BCUT2D eigenvalue weighted by Crippen LogP contribution is -2.16. The number of hydrogen-bond donors (Lipinski definition) is 2. The van der Waals surface area contributed by atoms with Crippen LogP contribution in [0.15, 0.2) is 54.9 Å². The third-order valence-corrected chi connectivity index (χ3v) is 4.05. The number of carbonyl (C=O) groups is 1. The van der Waals surface area contributed by atoms with E-state index < -0.39 is 0 Å². The molecule has 1 amide bonds. The molecule has 25 heavy (non-hydrogen) atoms. The Kier molecular flexibility index (Phi) is 4.68. The topological polar surface area (TPSA) is 81.6 Å². The van der Waals surface area contributed by atoms with Crippen LogP contribution in [-0.2, 0) is 0 Å². The van der Waals surface area contributed by atoms with E-state index in [4.69, 9.17) is 12.2 Å². The summed E-state index contributed by atoms with van der Waals surface area (Å²) >= 11 is 5.28. The summed E-state index contributed by atoms with van der Waals surface area (Å²) in [7, 11) is 0. The van der Waals surface area contributed by atoms with Crippen molar-refractivity contribution in [1.82, 2.24) is 9.97 Å². The monoisotopic (exact) mass is 346 g/mol. The molecule has 0 saturated heterocycles. The van der Waals surface area contributed by atoms with Gasteiger partial charge in [-0.05, 0) is 36.8 Å². The van der Waals surface area contributed by atoms with Crippen molar-refractivity contribution in [1.29, 1.82) is 5.26 Å². The summed E-state index contributed by atoms with van der Waals surface area (Å²) in [6, 6.07) is 14.8. The number of rotatable bonds is 3. The lowest BCUT2D eigenvalue weighted by atomic mass is 9.95. The largest absolute Gasteiger partial charge is 0.348 e. The van der Waals surface area contributed by atoms with Crippen molar-refractivity contribution in [2.45, 2.75) is 6.92 Å². The van der Waals surface area contributed by atoms with E-state index in [1.54, 1.807) is 43.6 Å². The van der Waals surface area contributed by atoms with Gasteiger partial charge >= 0.3 is 0 Å². The Bertz CT molecular complexity index is 1020. The van der Waals surface area contributed by atoms with Crippen molar-refractivity contribution >= 4 is 23.8 Å². The number of aromatic amines is 1. The summed E-state index contributed by atoms with van der Waals surface area (Å²) in [5.41, 5.74) is 3.16. The van der Waals surface area contributed by atoms with Crippen LogP contribution in [0.3, 0.4) is 0 Å². The molecule has 1 aromatic carbocycles. The van der Waals surface area contributed by atoms with Gasteiger partial charge in [0.05, 0.1) is 11.1 Å². The maximum atomic E-state index is 12.9. The third-order valence-electron chi connectivity index (χ3n) is 3.74. The molecule has 0 bridgehead atoms. The number of benzene rings is 1. The highest BCUT2D eigenvalue weighted by atomic mass is 32.1. The van der Waals surface area contributed by atoms with Gasteiger partial charge in [0.2, 0.25) is 0 Å². The van der Waals surface area contributed by atoms with Crippen LogP contribution in [0.4, 0.5) is 5.69 Å². The second-order valence-corrected chi connectivity index (χ2v) is 5.78. The highest BCUT2D eigenvalue weighted by Crippen LogP contribution is 2.30. The van der Waals surface area contributed by atoms with Crippen LogP contribution in [0.1, 0.15) is 21.6 Å². The smallest absolute Gasteiger partial charge is 0.258 e. The fourth-order valence-corrected chi connectivity index (χ4v) is 2.93. The molecule has 6 heteroatoms. The fourth-order valence-electron chi connectivity index (χ4n) is 2.63. The first-order valence-corrected chi connectivity index (χ1v) is 7.96. The molecule has 5 nitrogen and oxygen atoms in total. The van der Waals surface area contributed by atoms with Gasteiger partial charge in [-0.3, -0.25) is 9.78 Å². The number of aryl methyl sites for hydroxylation is 1. The number of para-hydroxylation sites is 1. The molecule has 0 aliphatic carbocycles. The number of nitriles is 1. The maximum absolute atomic E-state index is 12.9. The molecule has 0 atom stereocenters. The normalized spacial score (nSPS) is 10.1.